The number of nitrogens with one attached hydrogen (secondary N) is 2. The topological polar surface area (TPSA) is 61.4 Å². The average molecular weight is 257 g/mol. The predicted octanol–water partition coefficient (Wildman–Crippen LogP) is 2.08. The van der Waals surface area contributed by atoms with E-state index in [9.17, 15) is 4.79 Å². The van der Waals surface area contributed by atoms with Gasteiger partial charge in [0.2, 0.25) is 0 Å². The Morgan fingerprint density at radius 3 is 2.94 bits per heavy atom. The summed E-state index contributed by atoms with van der Waals surface area (Å²) in [6, 6.07) is 7.01. The molecular weight excluding hydrogens is 240 g/mol. The Balaban J connectivity index is 2.43. The summed E-state index contributed by atoms with van der Waals surface area (Å²) in [5.74, 6) is 0. The van der Waals surface area contributed by atoms with Gasteiger partial charge in [-0.05, 0) is 31.0 Å². The van der Waals surface area contributed by atoms with Gasteiger partial charge in [-0.25, -0.2) is 4.79 Å². The number of halogens is 1. The normalized spacial score (nSPS) is 11.9. The molecule has 0 saturated carbocycles. The van der Waals surface area contributed by atoms with Gasteiger partial charge in [0, 0.05) is 18.2 Å². The van der Waals surface area contributed by atoms with E-state index < -0.39 is 0 Å². The van der Waals surface area contributed by atoms with Crippen LogP contribution in [0.5, 0.6) is 0 Å². The first kappa shape index (κ1) is 13.8. The Kier molecular flexibility index (Phi) is 5.80. The molecule has 94 valence electrons. The molecule has 1 rings (SSSR count). The van der Waals surface area contributed by atoms with E-state index in [2.05, 4.69) is 10.6 Å². The molecule has 1 aromatic rings. The van der Waals surface area contributed by atoms with E-state index in [0.717, 1.165) is 5.56 Å². The van der Waals surface area contributed by atoms with E-state index in [0.29, 0.717) is 18.0 Å². The molecule has 1 unspecified atom stereocenters. The lowest BCUT2D eigenvalue weighted by atomic mass is 10.1. The Hall–Kier alpha value is -1.26. The molecule has 5 heteroatoms. The number of amides is 2. The number of aliphatic hydroxyl groups excluding tert-OH is 1. The average Bonchev–Trinajstić information content (AvgIpc) is 2.29. The lowest BCUT2D eigenvalue weighted by Gasteiger charge is -2.15. The van der Waals surface area contributed by atoms with Crippen molar-refractivity contribution in [1.29, 1.82) is 0 Å². The van der Waals surface area contributed by atoms with Crippen molar-refractivity contribution in [2.24, 2.45) is 0 Å². The van der Waals surface area contributed by atoms with Gasteiger partial charge in [0.25, 0.3) is 0 Å². The van der Waals surface area contributed by atoms with Crippen molar-refractivity contribution in [2.75, 3.05) is 13.2 Å². The van der Waals surface area contributed by atoms with E-state index in [1.54, 1.807) is 6.07 Å². The minimum atomic E-state index is -0.245. The Morgan fingerprint density at radius 1 is 1.53 bits per heavy atom. The molecule has 0 bridgehead atoms. The van der Waals surface area contributed by atoms with Crippen molar-refractivity contribution < 1.29 is 9.90 Å². The lowest BCUT2D eigenvalue weighted by Crippen LogP contribution is -2.37. The summed E-state index contributed by atoms with van der Waals surface area (Å²) in [4.78, 5) is 11.4. The molecule has 17 heavy (non-hydrogen) atoms. The summed E-state index contributed by atoms with van der Waals surface area (Å²) in [6.45, 7) is 2.42. The van der Waals surface area contributed by atoms with Crippen molar-refractivity contribution >= 4 is 17.6 Å². The van der Waals surface area contributed by atoms with Gasteiger partial charge in [0.1, 0.15) is 0 Å². The van der Waals surface area contributed by atoms with Crippen molar-refractivity contribution in [1.82, 2.24) is 10.6 Å². The number of urea groups is 1. The quantitative estimate of drug-likeness (QED) is 0.707. The van der Waals surface area contributed by atoms with Crippen LogP contribution in [0.2, 0.25) is 5.02 Å². The highest BCUT2D eigenvalue weighted by Gasteiger charge is 2.08. The molecule has 0 aliphatic rings. The molecule has 0 aliphatic carbocycles. The Labute approximate surface area is 106 Å². The zero-order valence-electron chi connectivity index (χ0n) is 9.74. The fourth-order valence-electron chi connectivity index (χ4n) is 1.39. The zero-order valence-corrected chi connectivity index (χ0v) is 10.5. The van der Waals surface area contributed by atoms with E-state index in [-0.39, 0.29) is 18.7 Å². The summed E-state index contributed by atoms with van der Waals surface area (Å²) in [7, 11) is 0. The van der Waals surface area contributed by atoms with Gasteiger partial charge in [-0.2, -0.15) is 0 Å². The molecule has 1 aromatic carbocycles. The highest BCUT2D eigenvalue weighted by molar-refractivity contribution is 6.30. The molecule has 4 nitrogen and oxygen atoms in total. The van der Waals surface area contributed by atoms with Crippen LogP contribution < -0.4 is 10.6 Å². The third-order valence-corrected chi connectivity index (χ3v) is 2.55. The maximum absolute atomic E-state index is 11.4. The molecule has 0 aliphatic heterocycles. The summed E-state index contributed by atoms with van der Waals surface area (Å²) in [6.07, 6.45) is 0.555. The van der Waals surface area contributed by atoms with Crippen LogP contribution in [-0.2, 0) is 0 Å². The third-order valence-electron chi connectivity index (χ3n) is 2.32. The van der Waals surface area contributed by atoms with E-state index in [1.165, 1.54) is 0 Å². The van der Waals surface area contributed by atoms with Gasteiger partial charge in [0.05, 0.1) is 6.04 Å². The molecule has 3 N–H and O–H groups in total. The second kappa shape index (κ2) is 7.14. The maximum Gasteiger partial charge on any atom is 0.315 e. The van der Waals surface area contributed by atoms with Gasteiger partial charge in [0.15, 0.2) is 0 Å². The van der Waals surface area contributed by atoms with E-state index in [1.807, 2.05) is 25.1 Å². The summed E-state index contributed by atoms with van der Waals surface area (Å²) in [5, 5.41) is 14.7. The molecule has 0 aromatic heterocycles. The first-order valence-corrected chi connectivity index (χ1v) is 5.92. The molecule has 0 fully saturated rings. The van der Waals surface area contributed by atoms with Gasteiger partial charge in [-0.15, -0.1) is 0 Å². The van der Waals surface area contributed by atoms with Crippen LogP contribution in [-0.4, -0.2) is 24.3 Å². The number of benzene rings is 1. The smallest absolute Gasteiger partial charge is 0.315 e. The molecule has 2 amide bonds. The van der Waals surface area contributed by atoms with Crippen LogP contribution in [0.4, 0.5) is 4.79 Å². The molecule has 0 heterocycles. The van der Waals surface area contributed by atoms with Crippen LogP contribution in [0.15, 0.2) is 24.3 Å². The molecule has 0 radical (unpaired) electrons. The van der Waals surface area contributed by atoms with E-state index >= 15 is 0 Å². The molecule has 1 atom stereocenters. The van der Waals surface area contributed by atoms with Gasteiger partial charge in [-0.3, -0.25) is 0 Å². The zero-order chi connectivity index (χ0) is 12.7. The summed E-state index contributed by atoms with van der Waals surface area (Å²) < 4.78 is 0. The standard InChI is InChI=1S/C12H17ClN2O2/c1-9(10-4-2-5-11(13)8-10)15-12(17)14-6-3-7-16/h2,4-5,8-9,16H,3,6-7H2,1H3,(H2,14,15,17). The van der Waals surface area contributed by atoms with Crippen LogP contribution in [0.25, 0.3) is 0 Å². The summed E-state index contributed by atoms with van der Waals surface area (Å²) in [5.41, 5.74) is 0.954. The van der Waals surface area contributed by atoms with E-state index in [4.69, 9.17) is 16.7 Å². The molecular formula is C12H17ClN2O2. The van der Waals surface area contributed by atoms with Gasteiger partial charge < -0.3 is 15.7 Å². The van der Waals surface area contributed by atoms with Crippen LogP contribution in [0, 0.1) is 0 Å². The fraction of sp³-hybridized carbons (Fsp3) is 0.417. The number of carbonyl (C=O) groups excluding carboxylic acids is 1. The van der Waals surface area contributed by atoms with Gasteiger partial charge in [-0.1, -0.05) is 23.7 Å². The monoisotopic (exact) mass is 256 g/mol. The second-order valence-corrected chi connectivity index (χ2v) is 4.19. The summed E-state index contributed by atoms with van der Waals surface area (Å²) >= 11 is 5.87. The van der Waals surface area contributed by atoms with Crippen molar-refractivity contribution in [3.05, 3.63) is 34.9 Å². The number of rotatable bonds is 5. The Bertz CT molecular complexity index is 371. The highest BCUT2D eigenvalue weighted by Crippen LogP contribution is 2.16. The number of carbonyl (C=O) groups is 1. The molecule has 0 spiro atoms. The Morgan fingerprint density at radius 2 is 2.29 bits per heavy atom. The van der Waals surface area contributed by atoms with Crippen LogP contribution >= 0.6 is 11.6 Å². The highest BCUT2D eigenvalue weighted by atomic mass is 35.5. The first-order chi connectivity index (χ1) is 8.13. The number of hydrogen-bond acceptors (Lipinski definition) is 2. The van der Waals surface area contributed by atoms with Crippen molar-refractivity contribution in [3.63, 3.8) is 0 Å². The lowest BCUT2D eigenvalue weighted by molar-refractivity contribution is 0.235. The largest absolute Gasteiger partial charge is 0.396 e. The van der Waals surface area contributed by atoms with Crippen molar-refractivity contribution in [3.8, 4) is 0 Å². The minimum absolute atomic E-state index is 0.0735. The number of aliphatic hydroxyl groups is 1. The molecule has 0 saturated heterocycles. The third kappa shape index (κ3) is 5.06. The SMILES string of the molecule is CC(NC(=O)NCCCO)c1cccc(Cl)c1. The van der Waals surface area contributed by atoms with Crippen molar-refractivity contribution in [2.45, 2.75) is 19.4 Å². The minimum Gasteiger partial charge on any atom is -0.396 e. The second-order valence-electron chi connectivity index (χ2n) is 3.75. The predicted molar refractivity (Wildman–Crippen MR) is 68.1 cm³/mol. The number of hydrogen-bond donors (Lipinski definition) is 3. The maximum atomic E-state index is 11.4. The fourth-order valence-corrected chi connectivity index (χ4v) is 1.59. The first-order valence-electron chi connectivity index (χ1n) is 5.54. The van der Waals surface area contributed by atoms with Gasteiger partial charge >= 0.3 is 6.03 Å². The van der Waals surface area contributed by atoms with Crippen LogP contribution in [0.3, 0.4) is 0 Å². The van der Waals surface area contributed by atoms with Crippen LogP contribution in [0.1, 0.15) is 24.9 Å².